The Balaban J connectivity index is 1.73. The zero-order valence-corrected chi connectivity index (χ0v) is 17.5. The lowest BCUT2D eigenvalue weighted by atomic mass is 9.79. The summed E-state index contributed by atoms with van der Waals surface area (Å²) in [6.45, 7) is 9.05. The Morgan fingerprint density at radius 1 is 1.26 bits per heavy atom. The van der Waals surface area contributed by atoms with Crippen molar-refractivity contribution >= 4 is 34.9 Å². The minimum Gasteiger partial charge on any atom is -0.369 e. The molecule has 2 N–H and O–H groups in total. The van der Waals surface area contributed by atoms with Gasteiger partial charge in [0, 0.05) is 24.0 Å². The molecule has 1 aliphatic rings. The number of thiocarbonyl (C=S) groups is 1. The molecular weight excluding hydrogens is 352 g/mol. The van der Waals surface area contributed by atoms with Crippen molar-refractivity contribution in [2.75, 3.05) is 17.3 Å². The molecule has 1 aliphatic heterocycles. The molecule has 142 valence electrons. The topological polar surface area (TPSA) is 39.7 Å². The Bertz CT molecular complexity index is 858. The average molecular weight is 381 g/mol. The summed E-state index contributed by atoms with van der Waals surface area (Å²) in [6, 6.07) is 14.4. The zero-order valence-electron chi connectivity index (χ0n) is 16.7. The Kier molecular flexibility index (Phi) is 5.51. The highest BCUT2D eigenvalue weighted by molar-refractivity contribution is 7.80. The van der Waals surface area contributed by atoms with Crippen LogP contribution in [0.5, 0.6) is 0 Å². The second-order valence-corrected chi connectivity index (χ2v) is 8.34. The van der Waals surface area contributed by atoms with Crippen LogP contribution in [0, 0.1) is 6.92 Å². The summed E-state index contributed by atoms with van der Waals surface area (Å²) in [5.74, 6) is 0.521. The number of para-hydroxylation sites is 1. The smallest absolute Gasteiger partial charge is 0.191 e. The molecule has 0 amide bonds. The van der Waals surface area contributed by atoms with Gasteiger partial charge in [0.25, 0.3) is 0 Å². The fourth-order valence-electron chi connectivity index (χ4n) is 3.71. The van der Waals surface area contributed by atoms with E-state index in [1.165, 1.54) is 16.8 Å². The number of rotatable bonds is 3. The van der Waals surface area contributed by atoms with Gasteiger partial charge in [0.2, 0.25) is 0 Å². The van der Waals surface area contributed by atoms with Crippen LogP contribution in [0.2, 0.25) is 0 Å². The lowest BCUT2D eigenvalue weighted by molar-refractivity contribution is 0.395. The molecule has 2 aromatic carbocycles. The molecule has 1 atom stereocenters. The maximum absolute atomic E-state index is 5.30. The van der Waals surface area contributed by atoms with Crippen LogP contribution in [0.1, 0.15) is 49.8 Å². The van der Waals surface area contributed by atoms with Gasteiger partial charge in [-0.15, -0.1) is 0 Å². The van der Waals surface area contributed by atoms with E-state index in [4.69, 9.17) is 12.2 Å². The molecule has 0 fully saturated rings. The summed E-state index contributed by atoms with van der Waals surface area (Å²) < 4.78 is 0. The summed E-state index contributed by atoms with van der Waals surface area (Å²) in [7, 11) is 2.19. The minimum absolute atomic E-state index is 0.172. The van der Waals surface area contributed by atoms with E-state index in [1.807, 2.05) is 36.5 Å². The van der Waals surface area contributed by atoms with Gasteiger partial charge in [0.05, 0.1) is 6.21 Å². The highest BCUT2D eigenvalue weighted by atomic mass is 32.1. The maximum atomic E-state index is 5.30. The molecule has 0 saturated heterocycles. The predicted octanol–water partition coefficient (Wildman–Crippen LogP) is 5.04. The molecule has 0 aliphatic carbocycles. The van der Waals surface area contributed by atoms with Gasteiger partial charge in [-0.05, 0) is 86.3 Å². The van der Waals surface area contributed by atoms with Gasteiger partial charge < -0.3 is 10.2 Å². The van der Waals surface area contributed by atoms with E-state index < -0.39 is 0 Å². The van der Waals surface area contributed by atoms with Crippen molar-refractivity contribution in [1.82, 2.24) is 5.43 Å². The van der Waals surface area contributed by atoms with E-state index in [2.05, 4.69) is 67.6 Å². The second-order valence-electron chi connectivity index (χ2n) is 7.93. The molecule has 0 aromatic heterocycles. The van der Waals surface area contributed by atoms with Crippen molar-refractivity contribution in [1.29, 1.82) is 0 Å². The number of hydrogen-bond donors (Lipinski definition) is 2. The molecule has 5 heteroatoms. The number of fused-ring (bicyclic) bond motifs is 1. The number of anilines is 2. The first-order valence-electron chi connectivity index (χ1n) is 9.31. The van der Waals surface area contributed by atoms with E-state index in [-0.39, 0.29) is 5.54 Å². The molecule has 0 saturated carbocycles. The van der Waals surface area contributed by atoms with Crippen LogP contribution in [-0.2, 0) is 0 Å². The fraction of sp³-hybridized carbons (Fsp3) is 0.364. The van der Waals surface area contributed by atoms with E-state index in [0.717, 1.165) is 17.7 Å². The van der Waals surface area contributed by atoms with Gasteiger partial charge in [-0.2, -0.15) is 5.10 Å². The van der Waals surface area contributed by atoms with Crippen molar-refractivity contribution in [3.63, 3.8) is 0 Å². The van der Waals surface area contributed by atoms with Gasteiger partial charge in [0.1, 0.15) is 0 Å². The highest BCUT2D eigenvalue weighted by Crippen LogP contribution is 2.43. The van der Waals surface area contributed by atoms with E-state index in [1.54, 1.807) is 0 Å². The molecule has 0 spiro atoms. The average Bonchev–Trinajstić information content (AvgIpc) is 2.61. The standard InChI is InChI=1S/C22H28N4S/c1-15-11-20-19(16(2)13-22(3,4)26(20)5)12-17(15)14-23-25-21(27)24-18-9-7-6-8-10-18/h6-12,14,16H,13H2,1-5H3,(H2,24,25,27)/b23-14-. The Morgan fingerprint density at radius 3 is 2.67 bits per heavy atom. The van der Waals surface area contributed by atoms with Crippen molar-refractivity contribution in [2.24, 2.45) is 5.10 Å². The van der Waals surface area contributed by atoms with Crippen LogP contribution >= 0.6 is 12.2 Å². The minimum atomic E-state index is 0.172. The monoisotopic (exact) mass is 380 g/mol. The predicted molar refractivity (Wildman–Crippen MR) is 120 cm³/mol. The van der Waals surface area contributed by atoms with Crippen LogP contribution in [0.4, 0.5) is 11.4 Å². The zero-order chi connectivity index (χ0) is 19.6. The van der Waals surface area contributed by atoms with Crippen molar-refractivity contribution in [3.05, 3.63) is 59.2 Å². The van der Waals surface area contributed by atoms with E-state index in [0.29, 0.717) is 11.0 Å². The van der Waals surface area contributed by atoms with Crippen LogP contribution < -0.4 is 15.6 Å². The number of hydrazone groups is 1. The molecular formula is C22H28N4S. The number of nitrogens with one attached hydrogen (secondary N) is 2. The lowest BCUT2D eigenvalue weighted by Crippen LogP contribution is -2.45. The molecule has 0 bridgehead atoms. The van der Waals surface area contributed by atoms with Crippen molar-refractivity contribution in [3.8, 4) is 0 Å². The fourth-order valence-corrected chi connectivity index (χ4v) is 3.89. The Labute approximate surface area is 167 Å². The van der Waals surface area contributed by atoms with Crippen molar-refractivity contribution < 1.29 is 0 Å². The molecule has 4 nitrogen and oxygen atoms in total. The number of benzene rings is 2. The first-order valence-corrected chi connectivity index (χ1v) is 9.72. The van der Waals surface area contributed by atoms with Crippen LogP contribution in [0.15, 0.2) is 47.6 Å². The SMILES string of the molecule is Cc1cc2c(cc1/C=N\NC(=S)Nc1ccccc1)C(C)CC(C)(C)N2C. The summed E-state index contributed by atoms with van der Waals surface area (Å²) in [4.78, 5) is 2.40. The van der Waals surface area contributed by atoms with Crippen LogP contribution in [0.25, 0.3) is 0 Å². The maximum Gasteiger partial charge on any atom is 0.191 e. The third kappa shape index (κ3) is 4.30. The quantitative estimate of drug-likeness (QED) is 0.445. The van der Waals surface area contributed by atoms with E-state index in [9.17, 15) is 0 Å². The van der Waals surface area contributed by atoms with E-state index >= 15 is 0 Å². The second kappa shape index (κ2) is 7.69. The third-order valence-electron chi connectivity index (χ3n) is 5.42. The number of hydrogen-bond acceptors (Lipinski definition) is 3. The molecule has 2 aromatic rings. The summed E-state index contributed by atoms with van der Waals surface area (Å²) in [5.41, 5.74) is 9.04. The largest absolute Gasteiger partial charge is 0.369 e. The molecule has 27 heavy (non-hydrogen) atoms. The molecule has 3 rings (SSSR count). The first-order chi connectivity index (χ1) is 12.8. The number of aryl methyl sites for hydroxylation is 1. The van der Waals surface area contributed by atoms with Gasteiger partial charge in [0.15, 0.2) is 5.11 Å². The molecule has 0 radical (unpaired) electrons. The normalized spacial score (nSPS) is 18.3. The Hall–Kier alpha value is -2.40. The van der Waals surface area contributed by atoms with Gasteiger partial charge in [-0.25, -0.2) is 0 Å². The summed E-state index contributed by atoms with van der Waals surface area (Å²) in [6.07, 6.45) is 2.99. The van der Waals surface area contributed by atoms with Gasteiger partial charge >= 0.3 is 0 Å². The van der Waals surface area contributed by atoms with Crippen LogP contribution in [-0.4, -0.2) is 23.9 Å². The highest BCUT2D eigenvalue weighted by Gasteiger charge is 2.34. The van der Waals surface area contributed by atoms with Gasteiger partial charge in [-0.1, -0.05) is 25.1 Å². The summed E-state index contributed by atoms with van der Waals surface area (Å²) in [5, 5.41) is 7.92. The van der Waals surface area contributed by atoms with Gasteiger partial charge in [-0.3, -0.25) is 5.43 Å². The lowest BCUT2D eigenvalue weighted by Gasteiger charge is -2.45. The first kappa shape index (κ1) is 19.4. The summed E-state index contributed by atoms with van der Waals surface area (Å²) >= 11 is 5.30. The molecule has 1 heterocycles. The number of nitrogens with zero attached hydrogens (tertiary/aromatic N) is 2. The molecule has 1 unspecified atom stereocenters. The Morgan fingerprint density at radius 2 is 1.96 bits per heavy atom. The van der Waals surface area contributed by atoms with Crippen molar-refractivity contribution in [2.45, 2.75) is 45.6 Å². The van der Waals surface area contributed by atoms with Crippen LogP contribution in [0.3, 0.4) is 0 Å². The third-order valence-corrected chi connectivity index (χ3v) is 5.62.